The van der Waals surface area contributed by atoms with E-state index in [1.165, 1.54) is 4.90 Å². The Kier molecular flexibility index (Phi) is 5.38. The molecule has 3 heteroatoms. The quantitative estimate of drug-likeness (QED) is 0.613. The Labute approximate surface area is 95.2 Å². The van der Waals surface area contributed by atoms with Gasteiger partial charge < -0.3 is 5.32 Å². The number of thioether (sulfide) groups is 1. The lowest BCUT2D eigenvalue weighted by Crippen LogP contribution is -2.24. The maximum absolute atomic E-state index is 5.88. The van der Waals surface area contributed by atoms with Crippen LogP contribution >= 0.6 is 23.4 Å². The average molecular weight is 230 g/mol. The molecule has 0 unspecified atom stereocenters. The number of hydrogen-bond donors (Lipinski definition) is 1. The van der Waals surface area contributed by atoms with Crippen molar-refractivity contribution in [2.45, 2.75) is 24.8 Å². The Morgan fingerprint density at radius 2 is 2.21 bits per heavy atom. The van der Waals surface area contributed by atoms with Crippen molar-refractivity contribution < 1.29 is 0 Å². The SMILES string of the molecule is CC(C)NCCSc1cccc(Cl)c1. The average Bonchev–Trinajstić information content (AvgIpc) is 2.12. The van der Waals surface area contributed by atoms with E-state index in [1.54, 1.807) is 0 Å². The fraction of sp³-hybridized carbons (Fsp3) is 0.455. The summed E-state index contributed by atoms with van der Waals surface area (Å²) in [5.41, 5.74) is 0. The van der Waals surface area contributed by atoms with E-state index in [4.69, 9.17) is 11.6 Å². The van der Waals surface area contributed by atoms with Crippen LogP contribution in [0.1, 0.15) is 13.8 Å². The second kappa shape index (κ2) is 6.33. The summed E-state index contributed by atoms with van der Waals surface area (Å²) in [7, 11) is 0. The fourth-order valence-electron chi connectivity index (χ4n) is 1.07. The van der Waals surface area contributed by atoms with Gasteiger partial charge in [0, 0.05) is 28.3 Å². The van der Waals surface area contributed by atoms with Gasteiger partial charge in [-0.3, -0.25) is 0 Å². The molecule has 0 aliphatic carbocycles. The van der Waals surface area contributed by atoms with Crippen molar-refractivity contribution in [3.63, 3.8) is 0 Å². The summed E-state index contributed by atoms with van der Waals surface area (Å²) in [4.78, 5) is 1.24. The van der Waals surface area contributed by atoms with Gasteiger partial charge in [-0.25, -0.2) is 0 Å². The molecule has 0 bridgehead atoms. The summed E-state index contributed by atoms with van der Waals surface area (Å²) in [6, 6.07) is 8.54. The van der Waals surface area contributed by atoms with Crippen molar-refractivity contribution in [3.05, 3.63) is 29.3 Å². The van der Waals surface area contributed by atoms with Gasteiger partial charge in [-0.15, -0.1) is 11.8 Å². The molecule has 0 fully saturated rings. The van der Waals surface area contributed by atoms with E-state index in [-0.39, 0.29) is 0 Å². The molecule has 1 rings (SSSR count). The van der Waals surface area contributed by atoms with Crippen LogP contribution in [0.25, 0.3) is 0 Å². The molecule has 0 saturated carbocycles. The summed E-state index contributed by atoms with van der Waals surface area (Å²) < 4.78 is 0. The molecule has 0 aliphatic rings. The highest BCUT2D eigenvalue weighted by Crippen LogP contribution is 2.20. The molecule has 1 N–H and O–H groups in total. The lowest BCUT2D eigenvalue weighted by atomic mass is 10.4. The number of hydrogen-bond acceptors (Lipinski definition) is 2. The molecule has 0 aromatic heterocycles. The summed E-state index contributed by atoms with van der Waals surface area (Å²) in [6.07, 6.45) is 0. The van der Waals surface area contributed by atoms with E-state index >= 15 is 0 Å². The zero-order chi connectivity index (χ0) is 10.4. The van der Waals surface area contributed by atoms with Gasteiger partial charge in [-0.2, -0.15) is 0 Å². The highest BCUT2D eigenvalue weighted by Gasteiger charge is 1.95. The van der Waals surface area contributed by atoms with E-state index < -0.39 is 0 Å². The molecule has 0 amide bonds. The third-order valence-corrected chi connectivity index (χ3v) is 2.95. The van der Waals surface area contributed by atoms with E-state index in [0.717, 1.165) is 17.3 Å². The van der Waals surface area contributed by atoms with Crippen molar-refractivity contribution in [3.8, 4) is 0 Å². The first kappa shape index (κ1) is 11.9. The van der Waals surface area contributed by atoms with Crippen LogP contribution in [0.2, 0.25) is 5.02 Å². The molecule has 0 heterocycles. The molecular weight excluding hydrogens is 214 g/mol. The number of nitrogens with one attached hydrogen (secondary N) is 1. The molecule has 0 aliphatic heterocycles. The Bertz CT molecular complexity index is 276. The molecule has 0 radical (unpaired) electrons. The molecule has 1 aromatic carbocycles. The summed E-state index contributed by atoms with van der Waals surface area (Å²) >= 11 is 7.71. The number of halogens is 1. The van der Waals surface area contributed by atoms with E-state index in [9.17, 15) is 0 Å². The molecule has 1 aromatic rings. The van der Waals surface area contributed by atoms with Crippen molar-refractivity contribution >= 4 is 23.4 Å². The predicted octanol–water partition coefficient (Wildman–Crippen LogP) is 3.43. The van der Waals surface area contributed by atoms with Crippen LogP contribution in [0.3, 0.4) is 0 Å². The van der Waals surface area contributed by atoms with Gasteiger partial charge in [-0.05, 0) is 18.2 Å². The van der Waals surface area contributed by atoms with Crippen LogP contribution in [-0.4, -0.2) is 18.3 Å². The molecule has 0 saturated heterocycles. The smallest absolute Gasteiger partial charge is 0.0417 e. The van der Waals surface area contributed by atoms with Crippen LogP contribution < -0.4 is 5.32 Å². The van der Waals surface area contributed by atoms with Gasteiger partial charge in [0.25, 0.3) is 0 Å². The van der Waals surface area contributed by atoms with E-state index in [2.05, 4.69) is 25.2 Å². The zero-order valence-electron chi connectivity index (χ0n) is 8.59. The van der Waals surface area contributed by atoms with Crippen molar-refractivity contribution in [2.75, 3.05) is 12.3 Å². The minimum Gasteiger partial charge on any atom is -0.314 e. The number of rotatable bonds is 5. The van der Waals surface area contributed by atoms with E-state index in [1.807, 2.05) is 30.0 Å². The molecule has 1 nitrogen and oxygen atoms in total. The van der Waals surface area contributed by atoms with Crippen LogP contribution in [0, 0.1) is 0 Å². The van der Waals surface area contributed by atoms with Gasteiger partial charge in [0.1, 0.15) is 0 Å². The summed E-state index contributed by atoms with van der Waals surface area (Å²) in [6.45, 7) is 5.35. The second-order valence-corrected chi connectivity index (χ2v) is 5.02. The summed E-state index contributed by atoms with van der Waals surface area (Å²) in [5.74, 6) is 1.08. The Morgan fingerprint density at radius 1 is 1.43 bits per heavy atom. The molecular formula is C11H16ClNS. The maximum atomic E-state index is 5.88. The fourth-order valence-corrected chi connectivity index (χ4v) is 2.17. The van der Waals surface area contributed by atoms with E-state index in [0.29, 0.717) is 6.04 Å². The largest absolute Gasteiger partial charge is 0.314 e. The highest BCUT2D eigenvalue weighted by molar-refractivity contribution is 7.99. The van der Waals surface area contributed by atoms with Crippen molar-refractivity contribution in [1.82, 2.24) is 5.32 Å². The van der Waals surface area contributed by atoms with Gasteiger partial charge in [0.15, 0.2) is 0 Å². The van der Waals surface area contributed by atoms with Gasteiger partial charge in [0.2, 0.25) is 0 Å². The standard InChI is InChI=1S/C11H16ClNS/c1-9(2)13-6-7-14-11-5-3-4-10(12)8-11/h3-5,8-9,13H,6-7H2,1-2H3. The first-order chi connectivity index (χ1) is 6.68. The third-order valence-electron chi connectivity index (χ3n) is 1.72. The molecule has 78 valence electrons. The monoisotopic (exact) mass is 229 g/mol. The minimum absolute atomic E-state index is 0.565. The summed E-state index contributed by atoms with van der Waals surface area (Å²) in [5, 5.41) is 4.19. The molecule has 0 atom stereocenters. The lowest BCUT2D eigenvalue weighted by molar-refractivity contribution is 0.616. The van der Waals surface area contributed by atoms with Crippen LogP contribution in [0.4, 0.5) is 0 Å². The topological polar surface area (TPSA) is 12.0 Å². The van der Waals surface area contributed by atoms with Crippen molar-refractivity contribution in [2.24, 2.45) is 0 Å². The van der Waals surface area contributed by atoms with Gasteiger partial charge >= 0.3 is 0 Å². The Balaban J connectivity index is 2.25. The second-order valence-electron chi connectivity index (χ2n) is 3.41. The third kappa shape index (κ3) is 4.89. The predicted molar refractivity (Wildman–Crippen MR) is 65.3 cm³/mol. The zero-order valence-corrected chi connectivity index (χ0v) is 10.2. The Hall–Kier alpha value is -0.180. The first-order valence-corrected chi connectivity index (χ1v) is 6.16. The Morgan fingerprint density at radius 3 is 2.86 bits per heavy atom. The normalized spacial score (nSPS) is 10.9. The van der Waals surface area contributed by atoms with Crippen LogP contribution in [0.15, 0.2) is 29.2 Å². The van der Waals surface area contributed by atoms with Crippen molar-refractivity contribution in [1.29, 1.82) is 0 Å². The number of benzene rings is 1. The minimum atomic E-state index is 0.565. The van der Waals surface area contributed by atoms with Gasteiger partial charge in [-0.1, -0.05) is 31.5 Å². The van der Waals surface area contributed by atoms with Gasteiger partial charge in [0.05, 0.1) is 0 Å². The molecule has 0 spiro atoms. The highest BCUT2D eigenvalue weighted by atomic mass is 35.5. The first-order valence-electron chi connectivity index (χ1n) is 4.80. The maximum Gasteiger partial charge on any atom is 0.0417 e. The van der Waals surface area contributed by atoms with Crippen LogP contribution in [0.5, 0.6) is 0 Å². The molecule has 14 heavy (non-hydrogen) atoms. The van der Waals surface area contributed by atoms with Crippen LogP contribution in [-0.2, 0) is 0 Å². The lowest BCUT2D eigenvalue weighted by Gasteiger charge is -2.07.